The summed E-state index contributed by atoms with van der Waals surface area (Å²) >= 11 is 0. The molecule has 0 amide bonds. The Kier molecular flexibility index (Phi) is 7.78. The average Bonchev–Trinajstić information content (AvgIpc) is 2.71. The summed E-state index contributed by atoms with van der Waals surface area (Å²) in [6.45, 7) is 8.23. The molecular formula is C25H40O2. The summed E-state index contributed by atoms with van der Waals surface area (Å²) in [5.41, 5.74) is 2.67. The van der Waals surface area contributed by atoms with Crippen molar-refractivity contribution >= 4 is 0 Å². The van der Waals surface area contributed by atoms with Crippen LogP contribution in [-0.4, -0.2) is 13.2 Å². The number of benzene rings is 1. The SMILES string of the molecule is CCCCCC1CCC(c2ccc(C3(C)OCC(CCC)CO3)cc2)CC1. The number of ether oxygens (including phenoxy) is 2. The molecule has 0 aromatic heterocycles. The maximum Gasteiger partial charge on any atom is 0.191 e. The molecule has 27 heavy (non-hydrogen) atoms. The van der Waals surface area contributed by atoms with E-state index in [0.717, 1.165) is 30.6 Å². The molecule has 0 radical (unpaired) electrons. The Balaban J connectivity index is 1.51. The molecule has 1 aliphatic heterocycles. The highest BCUT2D eigenvalue weighted by Crippen LogP contribution is 2.39. The lowest BCUT2D eigenvalue weighted by atomic mass is 9.77. The van der Waals surface area contributed by atoms with Gasteiger partial charge in [0.15, 0.2) is 5.79 Å². The molecular weight excluding hydrogens is 332 g/mol. The van der Waals surface area contributed by atoms with Crippen molar-refractivity contribution in [2.24, 2.45) is 11.8 Å². The first-order valence-corrected chi connectivity index (χ1v) is 11.5. The van der Waals surface area contributed by atoms with E-state index < -0.39 is 5.79 Å². The minimum Gasteiger partial charge on any atom is -0.346 e. The summed E-state index contributed by atoms with van der Waals surface area (Å²) < 4.78 is 12.3. The molecule has 1 aromatic rings. The number of hydrogen-bond acceptors (Lipinski definition) is 2. The minimum atomic E-state index is -0.570. The zero-order chi connectivity index (χ0) is 19.1. The Hall–Kier alpha value is -0.860. The van der Waals surface area contributed by atoms with Crippen LogP contribution in [0.3, 0.4) is 0 Å². The third kappa shape index (κ3) is 5.57. The van der Waals surface area contributed by atoms with Crippen molar-refractivity contribution in [2.45, 2.75) is 96.7 Å². The first kappa shape index (κ1) is 20.9. The topological polar surface area (TPSA) is 18.5 Å². The molecule has 0 spiro atoms. The summed E-state index contributed by atoms with van der Waals surface area (Å²) in [6.07, 6.45) is 13.6. The molecule has 1 saturated carbocycles. The normalized spacial score (nSPS) is 31.7. The molecule has 3 rings (SSSR count). The van der Waals surface area contributed by atoms with Crippen LogP contribution in [0.5, 0.6) is 0 Å². The van der Waals surface area contributed by atoms with Crippen LogP contribution < -0.4 is 0 Å². The van der Waals surface area contributed by atoms with Crippen molar-refractivity contribution < 1.29 is 9.47 Å². The maximum absolute atomic E-state index is 6.14. The van der Waals surface area contributed by atoms with Crippen molar-refractivity contribution in [3.05, 3.63) is 35.4 Å². The standard InChI is InChI=1S/C25H40O2/c1-4-6-7-9-20-10-12-22(13-11-20)23-14-16-24(17-15-23)25(3)26-18-21(8-5-2)19-27-25/h14-17,20-22H,4-13,18-19H2,1-3H3. The van der Waals surface area contributed by atoms with Gasteiger partial charge in [-0.25, -0.2) is 0 Å². The van der Waals surface area contributed by atoms with E-state index in [1.54, 1.807) is 0 Å². The predicted octanol–water partition coefficient (Wildman–Crippen LogP) is 7.18. The van der Waals surface area contributed by atoms with Gasteiger partial charge < -0.3 is 9.47 Å². The van der Waals surface area contributed by atoms with Gasteiger partial charge in [-0.1, -0.05) is 70.2 Å². The lowest BCUT2D eigenvalue weighted by molar-refractivity contribution is -0.282. The second-order valence-corrected chi connectivity index (χ2v) is 9.06. The summed E-state index contributed by atoms with van der Waals surface area (Å²) in [5.74, 6) is 1.71. The molecule has 2 heteroatoms. The fourth-order valence-electron chi connectivity index (χ4n) is 4.91. The Morgan fingerprint density at radius 2 is 1.48 bits per heavy atom. The van der Waals surface area contributed by atoms with Gasteiger partial charge in [0.1, 0.15) is 0 Å². The average molecular weight is 373 g/mol. The van der Waals surface area contributed by atoms with Gasteiger partial charge in [-0.15, -0.1) is 0 Å². The monoisotopic (exact) mass is 372 g/mol. The van der Waals surface area contributed by atoms with Crippen LogP contribution in [0.15, 0.2) is 24.3 Å². The van der Waals surface area contributed by atoms with E-state index in [1.807, 2.05) is 0 Å². The van der Waals surface area contributed by atoms with Crippen LogP contribution in [0.1, 0.15) is 102 Å². The lowest BCUT2D eigenvalue weighted by Gasteiger charge is -2.38. The first-order chi connectivity index (χ1) is 13.1. The third-order valence-corrected chi connectivity index (χ3v) is 6.86. The zero-order valence-corrected chi connectivity index (χ0v) is 17.8. The summed E-state index contributed by atoms with van der Waals surface area (Å²) in [7, 11) is 0. The summed E-state index contributed by atoms with van der Waals surface area (Å²) in [4.78, 5) is 0. The largest absolute Gasteiger partial charge is 0.346 e. The maximum atomic E-state index is 6.14. The van der Waals surface area contributed by atoms with Crippen molar-refractivity contribution in [1.82, 2.24) is 0 Å². The van der Waals surface area contributed by atoms with Gasteiger partial charge in [-0.3, -0.25) is 0 Å². The second-order valence-electron chi connectivity index (χ2n) is 9.06. The van der Waals surface area contributed by atoms with Crippen molar-refractivity contribution in [2.75, 3.05) is 13.2 Å². The smallest absolute Gasteiger partial charge is 0.191 e. The van der Waals surface area contributed by atoms with E-state index in [4.69, 9.17) is 9.47 Å². The van der Waals surface area contributed by atoms with Gasteiger partial charge in [0, 0.05) is 11.5 Å². The Morgan fingerprint density at radius 1 is 0.815 bits per heavy atom. The summed E-state index contributed by atoms with van der Waals surface area (Å²) in [6, 6.07) is 9.13. The number of hydrogen-bond donors (Lipinski definition) is 0. The Bertz CT molecular complexity index is 534. The van der Waals surface area contributed by atoms with E-state index in [9.17, 15) is 0 Å². The van der Waals surface area contributed by atoms with Crippen LogP contribution in [0.4, 0.5) is 0 Å². The van der Waals surface area contributed by atoms with Gasteiger partial charge in [0.25, 0.3) is 0 Å². The van der Waals surface area contributed by atoms with Gasteiger partial charge in [-0.2, -0.15) is 0 Å². The van der Waals surface area contributed by atoms with Crippen molar-refractivity contribution in [1.29, 1.82) is 0 Å². The molecule has 2 aliphatic rings. The molecule has 1 aliphatic carbocycles. The predicted molar refractivity (Wildman–Crippen MR) is 113 cm³/mol. The lowest BCUT2D eigenvalue weighted by Crippen LogP contribution is -2.39. The van der Waals surface area contributed by atoms with E-state index in [1.165, 1.54) is 69.8 Å². The van der Waals surface area contributed by atoms with Crippen LogP contribution in [0, 0.1) is 11.8 Å². The van der Waals surface area contributed by atoms with Crippen LogP contribution in [-0.2, 0) is 15.3 Å². The minimum absolute atomic E-state index is 0.551. The van der Waals surface area contributed by atoms with Gasteiger partial charge in [-0.05, 0) is 56.4 Å². The van der Waals surface area contributed by atoms with E-state index >= 15 is 0 Å². The highest BCUT2D eigenvalue weighted by Gasteiger charge is 2.34. The first-order valence-electron chi connectivity index (χ1n) is 11.5. The number of unbranched alkanes of at least 4 members (excludes halogenated alkanes) is 2. The molecule has 1 saturated heterocycles. The van der Waals surface area contributed by atoms with Gasteiger partial charge in [0.05, 0.1) is 13.2 Å². The Morgan fingerprint density at radius 3 is 2.07 bits per heavy atom. The molecule has 152 valence electrons. The van der Waals surface area contributed by atoms with Crippen LogP contribution >= 0.6 is 0 Å². The van der Waals surface area contributed by atoms with Crippen molar-refractivity contribution in [3.63, 3.8) is 0 Å². The molecule has 0 atom stereocenters. The second kappa shape index (κ2) is 10.1. The van der Waals surface area contributed by atoms with Crippen LogP contribution in [0.25, 0.3) is 0 Å². The van der Waals surface area contributed by atoms with E-state index in [0.29, 0.717) is 5.92 Å². The zero-order valence-electron chi connectivity index (χ0n) is 17.8. The molecule has 0 N–H and O–H groups in total. The van der Waals surface area contributed by atoms with E-state index in [2.05, 4.69) is 45.0 Å². The Labute approximate surface area is 167 Å². The molecule has 0 bridgehead atoms. The highest BCUT2D eigenvalue weighted by molar-refractivity contribution is 5.28. The molecule has 0 unspecified atom stereocenters. The molecule has 1 aromatic carbocycles. The molecule has 1 heterocycles. The quantitative estimate of drug-likeness (QED) is 0.450. The molecule has 2 nitrogen and oxygen atoms in total. The highest BCUT2D eigenvalue weighted by atomic mass is 16.7. The summed E-state index contributed by atoms with van der Waals surface area (Å²) in [5, 5.41) is 0. The fourth-order valence-corrected chi connectivity index (χ4v) is 4.91. The fraction of sp³-hybridized carbons (Fsp3) is 0.760. The van der Waals surface area contributed by atoms with Gasteiger partial charge in [0.2, 0.25) is 0 Å². The van der Waals surface area contributed by atoms with Crippen molar-refractivity contribution in [3.8, 4) is 0 Å². The molecule has 2 fully saturated rings. The van der Waals surface area contributed by atoms with Gasteiger partial charge >= 0.3 is 0 Å². The third-order valence-electron chi connectivity index (χ3n) is 6.86. The van der Waals surface area contributed by atoms with Crippen LogP contribution in [0.2, 0.25) is 0 Å². The number of rotatable bonds is 8. The van der Waals surface area contributed by atoms with E-state index in [-0.39, 0.29) is 0 Å².